The third-order valence-corrected chi connectivity index (χ3v) is 0. The minimum atomic E-state index is 0. The summed E-state index contributed by atoms with van der Waals surface area (Å²) in [4.78, 5) is 0. The number of hydrogen-bond acceptors (Lipinski definition) is 1. The number of halogens is 1. The molecule has 26 valence electrons. The summed E-state index contributed by atoms with van der Waals surface area (Å²) in [5.74, 6) is 0. The van der Waals surface area contributed by atoms with E-state index in [1.54, 1.807) is 0 Å². The Morgan fingerprint density at radius 3 is 1.75 bits per heavy atom. The molecule has 0 aromatic rings. The summed E-state index contributed by atoms with van der Waals surface area (Å²) in [5.41, 5.74) is 0. The lowest BCUT2D eigenvalue weighted by Gasteiger charge is -1.00. The van der Waals surface area contributed by atoms with Crippen molar-refractivity contribution in [3.05, 3.63) is 0 Å². The van der Waals surface area contributed by atoms with Crippen molar-refractivity contribution in [2.24, 2.45) is 0 Å². The van der Waals surface area contributed by atoms with E-state index >= 15 is 0 Å². The molecule has 0 atom stereocenters. The molecule has 0 N–H and O–H groups in total. The molecule has 0 aliphatic heterocycles. The molecule has 0 fully saturated rings. The molecular weight excluding hydrogens is 95.5 g/mol. The second-order valence-electron chi connectivity index (χ2n) is 0.167. The maximum Gasteiger partial charge on any atom is 0.455 e. The van der Waals surface area contributed by atoms with Crippen molar-refractivity contribution in [1.29, 1.82) is 0 Å². The van der Waals surface area contributed by atoms with Gasteiger partial charge in [0.1, 0.15) is 0 Å². The van der Waals surface area contributed by atoms with E-state index < -0.39 is 0 Å². The summed E-state index contributed by atoms with van der Waals surface area (Å²) in [5, 5.41) is 0. The Morgan fingerprint density at radius 2 is 1.75 bits per heavy atom. The van der Waals surface area contributed by atoms with Gasteiger partial charge >= 0.3 is 11.7 Å². The Balaban J connectivity index is 0. The predicted octanol–water partition coefficient (Wildman–Crippen LogP) is -2.95. The molecule has 0 saturated heterocycles. The molecule has 0 amide bonds. The molecule has 0 saturated carbocycles. The SMILES string of the molecule is C[S+]=O.[Cl-]. The largest absolute Gasteiger partial charge is 1.00 e. The van der Waals surface area contributed by atoms with Gasteiger partial charge in [-0.25, -0.2) is 0 Å². The molecule has 1 nitrogen and oxygen atoms in total. The predicted molar refractivity (Wildman–Crippen MR) is 14.0 cm³/mol. The van der Waals surface area contributed by atoms with E-state index in [0.717, 1.165) is 0 Å². The van der Waals surface area contributed by atoms with Crippen molar-refractivity contribution in [2.45, 2.75) is 0 Å². The fourth-order valence-corrected chi connectivity index (χ4v) is 0. The lowest BCUT2D eigenvalue weighted by Crippen LogP contribution is -3.00. The molecule has 0 aromatic carbocycles. The molecular formula is CH3ClOS. The van der Waals surface area contributed by atoms with E-state index in [1.165, 1.54) is 6.26 Å². The molecule has 0 aliphatic rings. The fraction of sp³-hybridized carbons (Fsp3) is 1.00. The van der Waals surface area contributed by atoms with Gasteiger partial charge < -0.3 is 12.4 Å². The maximum absolute atomic E-state index is 8.85. The van der Waals surface area contributed by atoms with Gasteiger partial charge in [-0.3, -0.25) is 0 Å². The minimum absolute atomic E-state index is 0. The van der Waals surface area contributed by atoms with Crippen LogP contribution in [-0.4, -0.2) is 6.26 Å². The van der Waals surface area contributed by atoms with Crippen molar-refractivity contribution < 1.29 is 16.6 Å². The lowest BCUT2D eigenvalue weighted by atomic mass is 12.0. The van der Waals surface area contributed by atoms with Gasteiger partial charge in [0, 0.05) is 4.21 Å². The Hall–Kier alpha value is 0.310. The van der Waals surface area contributed by atoms with Crippen LogP contribution in [0, 0.1) is 0 Å². The molecule has 0 rings (SSSR count). The summed E-state index contributed by atoms with van der Waals surface area (Å²) in [6.45, 7) is 0. The van der Waals surface area contributed by atoms with Crippen LogP contribution >= 0.6 is 0 Å². The van der Waals surface area contributed by atoms with E-state index in [4.69, 9.17) is 4.21 Å². The van der Waals surface area contributed by atoms with E-state index in [2.05, 4.69) is 0 Å². The minimum Gasteiger partial charge on any atom is -1.00 e. The van der Waals surface area contributed by atoms with Gasteiger partial charge in [0.25, 0.3) is 0 Å². The van der Waals surface area contributed by atoms with Crippen molar-refractivity contribution in [1.82, 2.24) is 0 Å². The van der Waals surface area contributed by atoms with Crippen LogP contribution in [0.5, 0.6) is 0 Å². The highest BCUT2D eigenvalue weighted by atomic mass is 35.5. The Bertz CT molecular complexity index is 15.5. The Morgan fingerprint density at radius 1 is 1.75 bits per heavy atom. The first-order valence-electron chi connectivity index (χ1n) is 0.575. The molecule has 0 aromatic heterocycles. The monoisotopic (exact) mass is 98.0 g/mol. The zero-order valence-electron chi connectivity index (χ0n) is 2.19. The summed E-state index contributed by atoms with van der Waals surface area (Å²) in [6, 6.07) is 0. The molecule has 4 heavy (non-hydrogen) atoms. The van der Waals surface area contributed by atoms with Gasteiger partial charge in [-0.1, -0.05) is 0 Å². The van der Waals surface area contributed by atoms with Crippen LogP contribution in [0.25, 0.3) is 0 Å². The fourth-order valence-electron chi connectivity index (χ4n) is 0. The first-order valence-corrected chi connectivity index (χ1v) is 1.72. The number of hydrogen-bond donors (Lipinski definition) is 0. The van der Waals surface area contributed by atoms with Gasteiger partial charge in [-0.15, -0.1) is 0 Å². The van der Waals surface area contributed by atoms with Gasteiger partial charge in [0.15, 0.2) is 0 Å². The van der Waals surface area contributed by atoms with Crippen LogP contribution in [0.1, 0.15) is 0 Å². The highest BCUT2D eigenvalue weighted by Gasteiger charge is 1.54. The average Bonchev–Trinajstić information content (AvgIpc) is 0.918. The maximum atomic E-state index is 8.85. The van der Waals surface area contributed by atoms with E-state index in [9.17, 15) is 0 Å². The quantitative estimate of drug-likeness (QED) is 0.296. The lowest BCUT2D eigenvalue weighted by molar-refractivity contribution is -0.00000184. The molecule has 3 heteroatoms. The van der Waals surface area contributed by atoms with Gasteiger partial charge in [-0.05, 0) is 0 Å². The molecule has 0 aliphatic carbocycles. The summed E-state index contributed by atoms with van der Waals surface area (Å²) < 4.78 is 8.85. The van der Waals surface area contributed by atoms with Crippen LogP contribution < -0.4 is 12.4 Å². The number of rotatable bonds is 0. The standard InChI is InChI=1S/CH3OS.ClH/c1-3-2;/h1H3;1H/q+1;/p-1. The summed E-state index contributed by atoms with van der Waals surface area (Å²) in [7, 11) is 0. The second-order valence-corrected chi connectivity index (χ2v) is 0.500. The topological polar surface area (TPSA) is 17.1 Å². The summed E-state index contributed by atoms with van der Waals surface area (Å²) >= 11 is 0.500. The average molecular weight is 98.6 g/mol. The first-order chi connectivity index (χ1) is 1.41. The third kappa shape index (κ3) is 41.3. The van der Waals surface area contributed by atoms with E-state index in [0.29, 0.717) is 11.7 Å². The van der Waals surface area contributed by atoms with E-state index in [1.807, 2.05) is 0 Å². The van der Waals surface area contributed by atoms with Crippen molar-refractivity contribution in [3.8, 4) is 0 Å². The van der Waals surface area contributed by atoms with Crippen LogP contribution in [0.2, 0.25) is 0 Å². The Labute approximate surface area is 35.3 Å². The normalized spacial score (nSPS) is 3.25. The zero-order valence-corrected chi connectivity index (χ0v) is 3.77. The molecule has 0 heterocycles. The van der Waals surface area contributed by atoms with Crippen molar-refractivity contribution >= 4 is 11.7 Å². The van der Waals surface area contributed by atoms with Crippen LogP contribution in [0.3, 0.4) is 0 Å². The molecule has 0 bridgehead atoms. The highest BCUT2D eigenvalue weighted by molar-refractivity contribution is 7.64. The van der Waals surface area contributed by atoms with Crippen LogP contribution in [0.15, 0.2) is 0 Å². The van der Waals surface area contributed by atoms with Crippen LogP contribution in [-0.2, 0) is 15.9 Å². The third-order valence-electron chi connectivity index (χ3n) is 0. The molecule has 0 radical (unpaired) electrons. The van der Waals surface area contributed by atoms with Crippen molar-refractivity contribution in [2.75, 3.05) is 6.26 Å². The van der Waals surface area contributed by atoms with Crippen molar-refractivity contribution in [3.63, 3.8) is 0 Å². The van der Waals surface area contributed by atoms with Gasteiger partial charge in [0.2, 0.25) is 6.26 Å². The zero-order chi connectivity index (χ0) is 2.71. The highest BCUT2D eigenvalue weighted by Crippen LogP contribution is 1.14. The first kappa shape index (κ1) is 8.85. The smallest absolute Gasteiger partial charge is 0.455 e. The Kier molecular flexibility index (Phi) is 22.8. The molecule has 0 spiro atoms. The second kappa shape index (κ2) is 10.3. The van der Waals surface area contributed by atoms with Gasteiger partial charge in [-0.2, -0.15) is 0 Å². The van der Waals surface area contributed by atoms with E-state index in [-0.39, 0.29) is 12.4 Å². The summed E-state index contributed by atoms with van der Waals surface area (Å²) in [6.07, 6.45) is 1.49. The molecule has 0 unspecified atom stereocenters. The van der Waals surface area contributed by atoms with Crippen LogP contribution in [0.4, 0.5) is 0 Å². The van der Waals surface area contributed by atoms with Gasteiger partial charge in [0.05, 0.1) is 0 Å².